The fourth-order valence-electron chi connectivity index (χ4n) is 3.79. The van der Waals surface area contributed by atoms with Gasteiger partial charge in [0.2, 0.25) is 0 Å². The maximum absolute atomic E-state index is 13.1. The number of phosphoric acid groups is 1. The van der Waals surface area contributed by atoms with Gasteiger partial charge >= 0.3 is 13.5 Å². The lowest BCUT2D eigenvalue weighted by molar-refractivity contribution is -0.0548. The summed E-state index contributed by atoms with van der Waals surface area (Å²) in [5, 5.41) is 20.6. The molecular formula is C22H24N3O9P. The van der Waals surface area contributed by atoms with E-state index >= 15 is 0 Å². The first-order valence-electron chi connectivity index (χ1n) is 10.6. The van der Waals surface area contributed by atoms with Gasteiger partial charge in [-0.05, 0) is 30.2 Å². The molecule has 0 amide bonds. The molecule has 1 aromatic carbocycles. The number of ether oxygens (including phenoxy) is 1. The maximum Gasteiger partial charge on any atom is 0.469 e. The molecule has 3 aromatic rings. The predicted molar refractivity (Wildman–Crippen MR) is 122 cm³/mol. The molecule has 0 bridgehead atoms. The molecular weight excluding hydrogens is 481 g/mol. The number of rotatable bonds is 7. The average molecular weight is 505 g/mol. The number of hydrogen-bond acceptors (Lipinski definition) is 8. The third-order valence-electron chi connectivity index (χ3n) is 5.64. The number of benzene rings is 1. The normalized spacial score (nSPS) is 22.4. The topological polar surface area (TPSA) is 173 Å². The molecule has 0 saturated carbocycles. The summed E-state index contributed by atoms with van der Waals surface area (Å²) in [4.78, 5) is 47.6. The van der Waals surface area contributed by atoms with E-state index in [0.717, 1.165) is 38.1 Å². The molecule has 4 N–H and O–H groups in total. The Morgan fingerprint density at radius 3 is 2.46 bits per heavy atom. The number of pyridine rings is 1. The van der Waals surface area contributed by atoms with Crippen LogP contribution in [0.3, 0.4) is 0 Å². The summed E-state index contributed by atoms with van der Waals surface area (Å²) in [6.45, 7) is 1.10. The van der Waals surface area contributed by atoms with Crippen molar-refractivity contribution in [3.05, 3.63) is 87.0 Å². The van der Waals surface area contributed by atoms with Gasteiger partial charge in [0.05, 0.1) is 18.8 Å². The monoisotopic (exact) mass is 505 g/mol. The van der Waals surface area contributed by atoms with Gasteiger partial charge in [0, 0.05) is 18.5 Å². The van der Waals surface area contributed by atoms with Crippen molar-refractivity contribution in [2.45, 2.75) is 38.0 Å². The number of aliphatic hydroxyl groups is 2. The van der Waals surface area contributed by atoms with Crippen LogP contribution < -0.4 is 11.2 Å². The lowest BCUT2D eigenvalue weighted by atomic mass is 10.0. The third kappa shape index (κ3) is 5.65. The van der Waals surface area contributed by atoms with E-state index in [0.29, 0.717) is 5.69 Å². The first-order chi connectivity index (χ1) is 16.5. The molecule has 0 aliphatic carbocycles. The standard InChI is InChI=1S/C22H24N3O9P/c1-13-2-4-14(5-3-13)15-6-8-23-16(10-15)11-25-18(26)7-9-24(22(25)29)21-20(28)19(27)17(34-21)12-33-35(30,31)32/h2-10,17,19-21,27-28H,11-12H2,1H3,(H2,30,31,32)/t17-,19?,20+,21-/m1/s1. The first-order valence-corrected chi connectivity index (χ1v) is 12.1. The van der Waals surface area contributed by atoms with Gasteiger partial charge < -0.3 is 24.7 Å². The highest BCUT2D eigenvalue weighted by Crippen LogP contribution is 2.38. The van der Waals surface area contributed by atoms with Crippen LogP contribution in [0.25, 0.3) is 11.1 Å². The molecule has 3 heterocycles. The van der Waals surface area contributed by atoms with Crippen molar-refractivity contribution in [1.29, 1.82) is 0 Å². The number of hydrogen-bond donors (Lipinski definition) is 4. The van der Waals surface area contributed by atoms with Crippen LogP contribution in [0.5, 0.6) is 0 Å². The zero-order chi connectivity index (χ0) is 25.3. The van der Waals surface area contributed by atoms with Crippen molar-refractivity contribution in [3.8, 4) is 11.1 Å². The minimum absolute atomic E-state index is 0.158. The molecule has 4 rings (SSSR count). The molecule has 35 heavy (non-hydrogen) atoms. The van der Waals surface area contributed by atoms with Crippen molar-refractivity contribution < 1.29 is 33.8 Å². The highest BCUT2D eigenvalue weighted by atomic mass is 31.2. The molecule has 1 unspecified atom stereocenters. The van der Waals surface area contributed by atoms with Gasteiger partial charge in [0.1, 0.15) is 18.3 Å². The number of aromatic nitrogens is 3. The first kappa shape index (κ1) is 25.1. The summed E-state index contributed by atoms with van der Waals surface area (Å²) in [5.74, 6) is 0. The molecule has 13 heteroatoms. The van der Waals surface area contributed by atoms with Crippen LogP contribution in [0.1, 0.15) is 17.5 Å². The van der Waals surface area contributed by atoms with E-state index in [2.05, 4.69) is 9.51 Å². The molecule has 1 fully saturated rings. The Balaban J connectivity index is 1.60. The molecule has 2 aromatic heterocycles. The summed E-state index contributed by atoms with van der Waals surface area (Å²) >= 11 is 0. The van der Waals surface area contributed by atoms with Crippen LogP contribution in [-0.4, -0.2) is 59.0 Å². The van der Waals surface area contributed by atoms with Crippen LogP contribution in [0.2, 0.25) is 0 Å². The fourth-order valence-corrected chi connectivity index (χ4v) is 4.13. The summed E-state index contributed by atoms with van der Waals surface area (Å²) < 4.78 is 22.6. The van der Waals surface area contributed by atoms with Gasteiger partial charge in [-0.1, -0.05) is 29.8 Å². The van der Waals surface area contributed by atoms with Crippen LogP contribution in [0.4, 0.5) is 0 Å². The number of aliphatic hydroxyl groups excluding tert-OH is 2. The van der Waals surface area contributed by atoms with Crippen molar-refractivity contribution >= 4 is 7.82 Å². The lowest BCUT2D eigenvalue weighted by Gasteiger charge is -2.18. The summed E-state index contributed by atoms with van der Waals surface area (Å²) in [5.41, 5.74) is 1.91. The minimum Gasteiger partial charge on any atom is -0.387 e. The second-order valence-electron chi connectivity index (χ2n) is 8.16. The van der Waals surface area contributed by atoms with Crippen molar-refractivity contribution in [1.82, 2.24) is 14.1 Å². The molecule has 1 aliphatic rings. The van der Waals surface area contributed by atoms with Crippen LogP contribution in [-0.2, 0) is 20.4 Å². The molecule has 0 radical (unpaired) electrons. The molecule has 0 spiro atoms. The molecule has 186 valence electrons. The van der Waals surface area contributed by atoms with Gasteiger partial charge in [-0.15, -0.1) is 0 Å². The summed E-state index contributed by atoms with van der Waals surface area (Å²) in [6, 6.07) is 12.5. The minimum atomic E-state index is -4.84. The van der Waals surface area contributed by atoms with Gasteiger partial charge in [0.15, 0.2) is 6.23 Å². The SMILES string of the molecule is Cc1ccc(-c2ccnc(Cn3c(=O)ccn([C@@H]4O[C@H](COP(=O)(O)O)C(O)[C@@H]4O)c3=O)c2)cc1. The zero-order valence-corrected chi connectivity index (χ0v) is 19.4. The smallest absolute Gasteiger partial charge is 0.387 e. The van der Waals surface area contributed by atoms with E-state index in [1.54, 1.807) is 12.3 Å². The molecule has 1 saturated heterocycles. The maximum atomic E-state index is 13.1. The Hall–Kier alpha value is -2.96. The average Bonchev–Trinajstić information content (AvgIpc) is 3.09. The van der Waals surface area contributed by atoms with Crippen molar-refractivity contribution in [2.24, 2.45) is 0 Å². The number of nitrogens with zero attached hydrogens (tertiary/aromatic N) is 3. The van der Waals surface area contributed by atoms with Crippen molar-refractivity contribution in [3.63, 3.8) is 0 Å². The van der Waals surface area contributed by atoms with E-state index in [-0.39, 0.29) is 6.54 Å². The second-order valence-corrected chi connectivity index (χ2v) is 9.40. The Morgan fingerprint density at radius 1 is 1.06 bits per heavy atom. The van der Waals surface area contributed by atoms with E-state index < -0.39 is 50.2 Å². The summed E-state index contributed by atoms with van der Waals surface area (Å²) in [7, 11) is -4.84. The van der Waals surface area contributed by atoms with Crippen LogP contribution >= 0.6 is 7.82 Å². The molecule has 1 aliphatic heterocycles. The number of aryl methyl sites for hydroxylation is 1. The highest BCUT2D eigenvalue weighted by molar-refractivity contribution is 7.46. The molecule has 12 nitrogen and oxygen atoms in total. The third-order valence-corrected chi connectivity index (χ3v) is 6.12. The second kappa shape index (κ2) is 9.96. The van der Waals surface area contributed by atoms with Gasteiger partial charge in [-0.3, -0.25) is 23.4 Å². The van der Waals surface area contributed by atoms with Crippen LogP contribution in [0, 0.1) is 6.92 Å². The zero-order valence-electron chi connectivity index (χ0n) is 18.5. The van der Waals surface area contributed by atoms with E-state index in [9.17, 15) is 24.4 Å². The fraction of sp³-hybridized carbons (Fsp3) is 0.318. The Morgan fingerprint density at radius 2 is 1.77 bits per heavy atom. The lowest BCUT2D eigenvalue weighted by Crippen LogP contribution is -2.43. The quantitative estimate of drug-likeness (QED) is 0.324. The summed E-state index contributed by atoms with van der Waals surface area (Å²) in [6.07, 6.45) is -3.25. The van der Waals surface area contributed by atoms with E-state index in [1.165, 1.54) is 0 Å². The van der Waals surface area contributed by atoms with E-state index in [4.69, 9.17) is 14.5 Å². The van der Waals surface area contributed by atoms with Gasteiger partial charge in [-0.25, -0.2) is 9.36 Å². The Kier molecular flexibility index (Phi) is 7.15. The number of phosphoric ester groups is 1. The van der Waals surface area contributed by atoms with E-state index in [1.807, 2.05) is 37.3 Å². The van der Waals surface area contributed by atoms with Gasteiger partial charge in [0.25, 0.3) is 5.56 Å². The largest absolute Gasteiger partial charge is 0.469 e. The highest BCUT2D eigenvalue weighted by Gasteiger charge is 2.45. The Bertz CT molecular complexity index is 1370. The van der Waals surface area contributed by atoms with Crippen LogP contribution in [0.15, 0.2) is 64.4 Å². The van der Waals surface area contributed by atoms with Crippen molar-refractivity contribution in [2.75, 3.05) is 6.61 Å². The van der Waals surface area contributed by atoms with Gasteiger partial charge in [-0.2, -0.15) is 0 Å². The Labute approximate surface area is 198 Å². The molecule has 4 atom stereocenters. The predicted octanol–water partition coefficient (Wildman–Crippen LogP) is 0.157.